The molecule has 0 aliphatic rings. The SMILES string of the molecule is Oc1ccccc1N=Cc1sc(=S)n(Cc2ccco2)c1O. The number of phenolic OH excluding ortho intramolecular Hbond substituents is 1. The Bertz CT molecular complexity index is 863. The van der Waals surface area contributed by atoms with E-state index in [4.69, 9.17) is 16.6 Å². The summed E-state index contributed by atoms with van der Waals surface area (Å²) >= 11 is 6.50. The van der Waals surface area contributed by atoms with Gasteiger partial charge in [-0.25, -0.2) is 0 Å². The fraction of sp³-hybridized carbons (Fsp3) is 0.0667. The van der Waals surface area contributed by atoms with Crippen LogP contribution in [0.3, 0.4) is 0 Å². The Hall–Kier alpha value is -2.38. The van der Waals surface area contributed by atoms with Gasteiger partial charge < -0.3 is 14.6 Å². The van der Waals surface area contributed by atoms with E-state index in [-0.39, 0.29) is 11.6 Å². The molecule has 0 radical (unpaired) electrons. The maximum atomic E-state index is 10.3. The molecule has 0 amide bonds. The Labute approximate surface area is 135 Å². The highest BCUT2D eigenvalue weighted by molar-refractivity contribution is 7.73. The van der Waals surface area contributed by atoms with Crippen LogP contribution in [0.2, 0.25) is 0 Å². The molecule has 0 spiro atoms. The third-order valence-corrected chi connectivity index (χ3v) is 4.36. The highest BCUT2D eigenvalue weighted by atomic mass is 32.1. The van der Waals surface area contributed by atoms with Crippen LogP contribution < -0.4 is 0 Å². The second-order valence-corrected chi connectivity index (χ2v) is 6.14. The summed E-state index contributed by atoms with van der Waals surface area (Å²) in [5.74, 6) is 0.816. The first-order valence-corrected chi connectivity index (χ1v) is 7.64. The van der Waals surface area contributed by atoms with Gasteiger partial charge in [-0.3, -0.25) is 9.56 Å². The Morgan fingerprint density at radius 3 is 2.77 bits per heavy atom. The van der Waals surface area contributed by atoms with Crippen molar-refractivity contribution in [3.63, 3.8) is 0 Å². The van der Waals surface area contributed by atoms with E-state index in [2.05, 4.69) is 4.99 Å². The zero-order chi connectivity index (χ0) is 15.5. The summed E-state index contributed by atoms with van der Waals surface area (Å²) in [4.78, 5) is 4.71. The number of para-hydroxylation sites is 2. The predicted molar refractivity (Wildman–Crippen MR) is 88.0 cm³/mol. The summed E-state index contributed by atoms with van der Waals surface area (Å²) in [6.45, 7) is 0.360. The normalized spacial score (nSPS) is 11.3. The minimum atomic E-state index is 0.0329. The summed E-state index contributed by atoms with van der Waals surface area (Å²) < 4.78 is 7.36. The van der Waals surface area contributed by atoms with E-state index in [1.807, 2.05) is 6.07 Å². The molecule has 1 aromatic carbocycles. The van der Waals surface area contributed by atoms with Gasteiger partial charge in [-0.05, 0) is 36.5 Å². The molecule has 0 bridgehead atoms. The Morgan fingerprint density at radius 2 is 2.05 bits per heavy atom. The van der Waals surface area contributed by atoms with Crippen molar-refractivity contribution in [3.05, 3.63) is 57.3 Å². The van der Waals surface area contributed by atoms with Crippen molar-refractivity contribution >= 4 is 35.5 Å². The summed E-state index contributed by atoms with van der Waals surface area (Å²) in [7, 11) is 0. The zero-order valence-electron chi connectivity index (χ0n) is 11.3. The maximum absolute atomic E-state index is 10.3. The minimum absolute atomic E-state index is 0.0329. The van der Waals surface area contributed by atoms with Crippen LogP contribution in [0.15, 0.2) is 52.1 Å². The molecule has 0 aliphatic heterocycles. The predicted octanol–water partition coefficient (Wildman–Crippen LogP) is 4.08. The molecule has 112 valence electrons. The second kappa shape index (κ2) is 6.17. The van der Waals surface area contributed by atoms with E-state index in [0.717, 1.165) is 0 Å². The lowest BCUT2D eigenvalue weighted by Crippen LogP contribution is -1.97. The van der Waals surface area contributed by atoms with Crippen molar-refractivity contribution in [1.82, 2.24) is 4.57 Å². The zero-order valence-corrected chi connectivity index (χ0v) is 13.0. The van der Waals surface area contributed by atoms with E-state index in [1.54, 1.807) is 41.2 Å². The van der Waals surface area contributed by atoms with E-state index >= 15 is 0 Å². The molecular weight excluding hydrogens is 320 g/mol. The third kappa shape index (κ3) is 2.95. The van der Waals surface area contributed by atoms with Gasteiger partial charge in [0.25, 0.3) is 0 Å². The number of benzene rings is 1. The highest BCUT2D eigenvalue weighted by Gasteiger charge is 2.11. The van der Waals surface area contributed by atoms with Crippen molar-refractivity contribution in [3.8, 4) is 11.6 Å². The van der Waals surface area contributed by atoms with Crippen LogP contribution in [-0.2, 0) is 6.54 Å². The van der Waals surface area contributed by atoms with Crippen LogP contribution in [0, 0.1) is 3.95 Å². The van der Waals surface area contributed by atoms with Gasteiger partial charge in [-0.15, -0.1) is 0 Å². The van der Waals surface area contributed by atoms with Crippen molar-refractivity contribution in [2.75, 3.05) is 0 Å². The molecule has 0 fully saturated rings. The first kappa shape index (κ1) is 14.6. The van der Waals surface area contributed by atoms with Gasteiger partial charge in [0.2, 0.25) is 5.88 Å². The number of phenols is 1. The molecule has 22 heavy (non-hydrogen) atoms. The van der Waals surface area contributed by atoms with Crippen LogP contribution in [0.25, 0.3) is 0 Å². The quantitative estimate of drug-likeness (QED) is 0.558. The maximum Gasteiger partial charge on any atom is 0.212 e. The highest BCUT2D eigenvalue weighted by Crippen LogP contribution is 2.28. The van der Waals surface area contributed by atoms with E-state index in [1.165, 1.54) is 17.6 Å². The van der Waals surface area contributed by atoms with Crippen LogP contribution in [-0.4, -0.2) is 21.0 Å². The number of thiazole rings is 1. The summed E-state index contributed by atoms with van der Waals surface area (Å²) in [5, 5.41) is 19.9. The lowest BCUT2D eigenvalue weighted by Gasteiger charge is -2.01. The number of nitrogens with zero attached hydrogens (tertiary/aromatic N) is 2. The van der Waals surface area contributed by atoms with Gasteiger partial charge in [0.1, 0.15) is 22.1 Å². The molecule has 2 heterocycles. The lowest BCUT2D eigenvalue weighted by atomic mass is 10.3. The third-order valence-electron chi connectivity index (χ3n) is 2.99. The Kier molecular flexibility index (Phi) is 4.08. The number of rotatable bonds is 4. The van der Waals surface area contributed by atoms with Gasteiger partial charge in [0, 0.05) is 0 Å². The number of hydrogen-bond acceptors (Lipinski definition) is 6. The number of aliphatic imine (C=N–C) groups is 1. The van der Waals surface area contributed by atoms with E-state index < -0.39 is 0 Å². The van der Waals surface area contributed by atoms with Gasteiger partial charge in [0.05, 0.1) is 19.0 Å². The topological polar surface area (TPSA) is 70.9 Å². The average Bonchev–Trinajstić information content (AvgIpc) is 3.10. The van der Waals surface area contributed by atoms with Gasteiger partial charge in [0.15, 0.2) is 3.95 Å². The van der Waals surface area contributed by atoms with Crippen molar-refractivity contribution < 1.29 is 14.6 Å². The molecule has 0 saturated heterocycles. The van der Waals surface area contributed by atoms with Crippen LogP contribution in [0.4, 0.5) is 5.69 Å². The van der Waals surface area contributed by atoms with Crippen LogP contribution in [0.1, 0.15) is 10.6 Å². The molecule has 2 N–H and O–H groups in total. The molecule has 2 aromatic heterocycles. The molecule has 5 nitrogen and oxygen atoms in total. The number of aromatic hydroxyl groups is 2. The average molecular weight is 332 g/mol. The summed E-state index contributed by atoms with van der Waals surface area (Å²) in [6, 6.07) is 10.3. The second-order valence-electron chi connectivity index (χ2n) is 4.47. The number of furan rings is 1. The number of aromatic nitrogens is 1. The number of hydrogen-bond donors (Lipinski definition) is 2. The van der Waals surface area contributed by atoms with E-state index in [0.29, 0.717) is 26.8 Å². The Balaban J connectivity index is 1.90. The molecular formula is C15H12N2O3S2. The van der Waals surface area contributed by atoms with Crippen molar-refractivity contribution in [2.45, 2.75) is 6.54 Å². The fourth-order valence-electron chi connectivity index (χ4n) is 1.90. The first-order chi connectivity index (χ1) is 10.6. The molecule has 3 rings (SSSR count). The van der Waals surface area contributed by atoms with Crippen LogP contribution >= 0.6 is 23.6 Å². The molecule has 0 saturated carbocycles. The van der Waals surface area contributed by atoms with E-state index in [9.17, 15) is 10.2 Å². The molecule has 0 aliphatic carbocycles. The van der Waals surface area contributed by atoms with Crippen molar-refractivity contribution in [1.29, 1.82) is 0 Å². The molecule has 0 unspecified atom stereocenters. The van der Waals surface area contributed by atoms with Gasteiger partial charge in [-0.2, -0.15) is 0 Å². The Morgan fingerprint density at radius 1 is 1.23 bits per heavy atom. The molecule has 7 heteroatoms. The molecule has 3 aromatic rings. The van der Waals surface area contributed by atoms with Crippen LogP contribution in [0.5, 0.6) is 11.6 Å². The first-order valence-electron chi connectivity index (χ1n) is 6.42. The molecule has 0 atom stereocenters. The van der Waals surface area contributed by atoms with Gasteiger partial charge in [-0.1, -0.05) is 23.5 Å². The lowest BCUT2D eigenvalue weighted by molar-refractivity contribution is 0.407. The van der Waals surface area contributed by atoms with Gasteiger partial charge >= 0.3 is 0 Å². The standard InChI is InChI=1S/C15H12N2O3S2/c18-12-6-2-1-5-11(12)16-8-13-14(19)17(15(21)22-13)9-10-4-3-7-20-10/h1-8,18-19H,9H2. The monoisotopic (exact) mass is 332 g/mol. The largest absolute Gasteiger partial charge is 0.506 e. The summed E-state index contributed by atoms with van der Waals surface area (Å²) in [5.41, 5.74) is 0.429. The minimum Gasteiger partial charge on any atom is -0.506 e. The summed E-state index contributed by atoms with van der Waals surface area (Å²) in [6.07, 6.45) is 3.06. The van der Waals surface area contributed by atoms with Crippen molar-refractivity contribution in [2.24, 2.45) is 4.99 Å². The smallest absolute Gasteiger partial charge is 0.212 e. The fourth-order valence-corrected chi connectivity index (χ4v) is 3.07.